The van der Waals surface area contributed by atoms with Crippen LogP contribution in [0.3, 0.4) is 0 Å². The lowest BCUT2D eigenvalue weighted by Crippen LogP contribution is -2.38. The van der Waals surface area contributed by atoms with Crippen molar-refractivity contribution in [3.8, 4) is 0 Å². The van der Waals surface area contributed by atoms with E-state index in [-0.39, 0.29) is 6.04 Å². The van der Waals surface area contributed by atoms with Crippen molar-refractivity contribution in [3.05, 3.63) is 0 Å². The van der Waals surface area contributed by atoms with Crippen molar-refractivity contribution in [2.24, 2.45) is 0 Å². The third kappa shape index (κ3) is 5.47. The summed E-state index contributed by atoms with van der Waals surface area (Å²) < 4.78 is 24.1. The minimum Gasteiger partial charge on any atom is -0.307 e. The molecule has 0 fully saturated rings. The van der Waals surface area contributed by atoms with Crippen molar-refractivity contribution < 1.29 is 8.78 Å². The predicted octanol–water partition coefficient (Wildman–Crippen LogP) is 2.81. The summed E-state index contributed by atoms with van der Waals surface area (Å²) in [5, 5.41) is 2.86. The molecule has 0 saturated heterocycles. The van der Waals surface area contributed by atoms with Gasteiger partial charge in [0.25, 0.3) is 6.43 Å². The van der Waals surface area contributed by atoms with Crippen LogP contribution in [0.15, 0.2) is 0 Å². The van der Waals surface area contributed by atoms with Crippen molar-refractivity contribution in [2.75, 3.05) is 0 Å². The highest BCUT2D eigenvalue weighted by Gasteiger charge is 2.15. The molecule has 0 radical (unpaired) electrons. The van der Waals surface area contributed by atoms with Crippen LogP contribution in [0.1, 0.15) is 40.0 Å². The molecule has 0 amide bonds. The molecule has 0 aromatic rings. The van der Waals surface area contributed by atoms with Crippen LogP contribution < -0.4 is 5.32 Å². The molecule has 3 heteroatoms. The number of hydrogen-bond acceptors (Lipinski definition) is 1. The van der Waals surface area contributed by atoms with Crippen molar-refractivity contribution >= 4 is 0 Å². The number of halogens is 2. The van der Waals surface area contributed by atoms with Crippen LogP contribution >= 0.6 is 0 Å². The van der Waals surface area contributed by atoms with Gasteiger partial charge in [-0.2, -0.15) is 0 Å². The summed E-state index contributed by atoms with van der Waals surface area (Å²) in [5.74, 6) is 0. The van der Waals surface area contributed by atoms with Gasteiger partial charge in [-0.1, -0.05) is 19.8 Å². The Labute approximate surface area is 73.5 Å². The Kier molecular flexibility index (Phi) is 6.25. The summed E-state index contributed by atoms with van der Waals surface area (Å²) >= 11 is 0. The molecular formula is C9H19F2N. The Bertz CT molecular complexity index is 107. The number of rotatable bonds is 6. The van der Waals surface area contributed by atoms with E-state index in [0.717, 1.165) is 19.3 Å². The highest BCUT2D eigenvalue weighted by Crippen LogP contribution is 2.04. The molecule has 0 spiro atoms. The van der Waals surface area contributed by atoms with Crippen molar-refractivity contribution in [1.82, 2.24) is 5.32 Å². The normalized spacial score (nSPS) is 16.5. The van der Waals surface area contributed by atoms with Gasteiger partial charge in [-0.25, -0.2) is 8.78 Å². The Morgan fingerprint density at radius 2 is 1.83 bits per heavy atom. The molecule has 0 aromatic heterocycles. The minimum atomic E-state index is -2.26. The zero-order valence-electron chi connectivity index (χ0n) is 8.11. The van der Waals surface area contributed by atoms with Gasteiger partial charge < -0.3 is 5.32 Å². The largest absolute Gasteiger partial charge is 0.307 e. The molecule has 0 bridgehead atoms. The molecule has 2 atom stereocenters. The minimum absolute atomic E-state index is 0.203. The van der Waals surface area contributed by atoms with E-state index >= 15 is 0 Å². The fraction of sp³-hybridized carbons (Fsp3) is 1.00. The molecule has 0 aliphatic carbocycles. The standard InChI is InChI=1S/C9H19F2N/c1-4-5-6-7(2)12-8(3)9(10)11/h7-9,12H,4-6H2,1-3H3. The van der Waals surface area contributed by atoms with Crippen LogP contribution in [0, 0.1) is 0 Å². The van der Waals surface area contributed by atoms with Gasteiger partial charge in [0, 0.05) is 6.04 Å². The summed E-state index contributed by atoms with van der Waals surface area (Å²) in [6.07, 6.45) is 0.946. The number of alkyl halides is 2. The maximum absolute atomic E-state index is 12.0. The summed E-state index contributed by atoms with van der Waals surface area (Å²) in [7, 11) is 0. The van der Waals surface area contributed by atoms with E-state index in [9.17, 15) is 8.78 Å². The highest BCUT2D eigenvalue weighted by molar-refractivity contribution is 4.68. The first-order valence-electron chi connectivity index (χ1n) is 4.62. The second-order valence-electron chi connectivity index (χ2n) is 3.33. The zero-order valence-corrected chi connectivity index (χ0v) is 8.11. The molecule has 0 aliphatic rings. The Morgan fingerprint density at radius 3 is 2.25 bits per heavy atom. The molecule has 0 rings (SSSR count). The van der Waals surface area contributed by atoms with E-state index in [1.165, 1.54) is 6.92 Å². The molecule has 0 aliphatic heterocycles. The van der Waals surface area contributed by atoms with Gasteiger partial charge in [0.1, 0.15) is 0 Å². The Hall–Kier alpha value is -0.180. The molecule has 74 valence electrons. The third-order valence-corrected chi connectivity index (χ3v) is 1.92. The lowest BCUT2D eigenvalue weighted by atomic mass is 10.1. The van der Waals surface area contributed by atoms with Gasteiger partial charge in [0.05, 0.1) is 6.04 Å². The predicted molar refractivity (Wildman–Crippen MR) is 47.6 cm³/mol. The van der Waals surface area contributed by atoms with Crippen LogP contribution in [0.2, 0.25) is 0 Å². The number of unbranched alkanes of at least 4 members (excludes halogenated alkanes) is 1. The monoisotopic (exact) mass is 179 g/mol. The highest BCUT2D eigenvalue weighted by atomic mass is 19.3. The third-order valence-electron chi connectivity index (χ3n) is 1.92. The zero-order chi connectivity index (χ0) is 9.56. The fourth-order valence-corrected chi connectivity index (χ4v) is 1.12. The summed E-state index contributed by atoms with van der Waals surface area (Å²) in [4.78, 5) is 0. The topological polar surface area (TPSA) is 12.0 Å². The first-order valence-corrected chi connectivity index (χ1v) is 4.62. The molecule has 0 heterocycles. The van der Waals surface area contributed by atoms with Gasteiger partial charge >= 0.3 is 0 Å². The van der Waals surface area contributed by atoms with Gasteiger partial charge in [-0.15, -0.1) is 0 Å². The van der Waals surface area contributed by atoms with Crippen LogP contribution in [0.5, 0.6) is 0 Å². The quantitative estimate of drug-likeness (QED) is 0.661. The summed E-state index contributed by atoms with van der Waals surface area (Å²) in [6, 6.07) is -0.481. The maximum atomic E-state index is 12.0. The Balaban J connectivity index is 3.47. The summed E-state index contributed by atoms with van der Waals surface area (Å²) in [6.45, 7) is 5.57. The van der Waals surface area contributed by atoms with Gasteiger partial charge in [-0.05, 0) is 20.3 Å². The van der Waals surface area contributed by atoms with E-state index < -0.39 is 12.5 Å². The van der Waals surface area contributed by atoms with Crippen molar-refractivity contribution in [2.45, 2.75) is 58.5 Å². The lowest BCUT2D eigenvalue weighted by Gasteiger charge is -2.18. The number of hydrogen-bond donors (Lipinski definition) is 1. The van der Waals surface area contributed by atoms with E-state index in [1.807, 2.05) is 6.92 Å². The van der Waals surface area contributed by atoms with Crippen LogP contribution in [-0.4, -0.2) is 18.5 Å². The molecule has 2 unspecified atom stereocenters. The average Bonchev–Trinajstić information content (AvgIpc) is 2.00. The smallest absolute Gasteiger partial charge is 0.253 e. The SMILES string of the molecule is CCCCC(C)NC(C)C(F)F. The molecule has 0 aromatic carbocycles. The van der Waals surface area contributed by atoms with E-state index in [0.29, 0.717) is 0 Å². The van der Waals surface area contributed by atoms with Crippen molar-refractivity contribution in [3.63, 3.8) is 0 Å². The second-order valence-corrected chi connectivity index (χ2v) is 3.33. The van der Waals surface area contributed by atoms with Crippen LogP contribution in [0.4, 0.5) is 8.78 Å². The molecule has 0 saturated carbocycles. The molecule has 12 heavy (non-hydrogen) atoms. The second kappa shape index (κ2) is 6.35. The molecule has 1 nitrogen and oxygen atoms in total. The van der Waals surface area contributed by atoms with Gasteiger partial charge in [0.15, 0.2) is 0 Å². The van der Waals surface area contributed by atoms with E-state index in [1.54, 1.807) is 0 Å². The maximum Gasteiger partial charge on any atom is 0.253 e. The molecule has 1 N–H and O–H groups in total. The van der Waals surface area contributed by atoms with Crippen LogP contribution in [-0.2, 0) is 0 Å². The van der Waals surface area contributed by atoms with E-state index in [4.69, 9.17) is 0 Å². The average molecular weight is 179 g/mol. The van der Waals surface area contributed by atoms with E-state index in [2.05, 4.69) is 12.2 Å². The lowest BCUT2D eigenvalue weighted by molar-refractivity contribution is 0.100. The number of nitrogens with one attached hydrogen (secondary N) is 1. The van der Waals surface area contributed by atoms with Crippen LogP contribution in [0.25, 0.3) is 0 Å². The summed E-state index contributed by atoms with van der Waals surface area (Å²) in [5.41, 5.74) is 0. The fourth-order valence-electron chi connectivity index (χ4n) is 1.12. The van der Waals surface area contributed by atoms with Gasteiger partial charge in [0.2, 0.25) is 0 Å². The first-order chi connectivity index (χ1) is 5.57. The Morgan fingerprint density at radius 1 is 1.25 bits per heavy atom. The molecular weight excluding hydrogens is 160 g/mol. The first kappa shape index (κ1) is 11.8. The van der Waals surface area contributed by atoms with Crippen molar-refractivity contribution in [1.29, 1.82) is 0 Å². The van der Waals surface area contributed by atoms with Gasteiger partial charge in [-0.3, -0.25) is 0 Å².